The van der Waals surface area contributed by atoms with Crippen molar-refractivity contribution in [2.45, 2.75) is 6.61 Å². The van der Waals surface area contributed by atoms with Crippen LogP contribution in [0.3, 0.4) is 0 Å². The van der Waals surface area contributed by atoms with Gasteiger partial charge in [-0.1, -0.05) is 66.7 Å². The lowest BCUT2D eigenvalue weighted by molar-refractivity contribution is -0.0688. The van der Waals surface area contributed by atoms with Gasteiger partial charge in [0.1, 0.15) is 5.65 Å². The van der Waals surface area contributed by atoms with E-state index < -0.39 is 12.8 Å². The van der Waals surface area contributed by atoms with E-state index in [1.165, 1.54) is 0 Å². The van der Waals surface area contributed by atoms with Gasteiger partial charge in [0.25, 0.3) is 0 Å². The number of ketones is 1. The fourth-order valence-corrected chi connectivity index (χ4v) is 3.79. The summed E-state index contributed by atoms with van der Waals surface area (Å²) < 4.78 is 44.3. The number of carbonyl (C=O) groups is 1. The molecule has 0 radical (unpaired) electrons. The van der Waals surface area contributed by atoms with Crippen LogP contribution in [0.15, 0.2) is 96.1 Å². The van der Waals surface area contributed by atoms with E-state index >= 15 is 0 Å². The third kappa shape index (κ3) is 4.13. The molecular formula is C26H16F3N3O2. The second-order valence-corrected chi connectivity index (χ2v) is 7.43. The average molecular weight is 459 g/mol. The van der Waals surface area contributed by atoms with Crippen LogP contribution in [0.5, 0.6) is 0 Å². The van der Waals surface area contributed by atoms with Crippen LogP contribution in [0, 0.1) is 0 Å². The molecule has 0 bridgehead atoms. The fourth-order valence-electron chi connectivity index (χ4n) is 3.79. The lowest BCUT2D eigenvalue weighted by Crippen LogP contribution is -2.04. The summed E-state index contributed by atoms with van der Waals surface area (Å²) in [5, 5.41) is 1.89. The van der Waals surface area contributed by atoms with Crippen LogP contribution in [0.1, 0.15) is 15.9 Å². The highest BCUT2D eigenvalue weighted by atomic mass is 19.3. The van der Waals surface area contributed by atoms with Crippen molar-refractivity contribution in [2.24, 2.45) is 4.99 Å². The highest BCUT2D eigenvalue weighted by molar-refractivity contribution is 6.09. The first-order valence-electron chi connectivity index (χ1n) is 10.3. The molecule has 0 aliphatic heterocycles. The molecule has 3 aromatic carbocycles. The number of rotatable bonds is 5. The molecule has 34 heavy (non-hydrogen) atoms. The maximum atomic E-state index is 14.0. The van der Waals surface area contributed by atoms with Gasteiger partial charge in [-0.25, -0.2) is 4.98 Å². The van der Waals surface area contributed by atoms with E-state index in [1.54, 1.807) is 53.1 Å². The van der Waals surface area contributed by atoms with Crippen LogP contribution in [0.4, 0.5) is 19.0 Å². The molecule has 0 aliphatic rings. The molecule has 0 atom stereocenters. The minimum atomic E-state index is -3.36. The van der Waals surface area contributed by atoms with Crippen LogP contribution in [0.25, 0.3) is 27.7 Å². The number of hydrogen-bond acceptors (Lipinski definition) is 4. The summed E-state index contributed by atoms with van der Waals surface area (Å²) in [7, 11) is 0. The number of pyridine rings is 1. The van der Waals surface area contributed by atoms with Crippen LogP contribution in [0.2, 0.25) is 0 Å². The van der Waals surface area contributed by atoms with E-state index in [2.05, 4.69) is 14.7 Å². The summed E-state index contributed by atoms with van der Waals surface area (Å²) >= 11 is 0. The lowest BCUT2D eigenvalue weighted by atomic mass is 10.0. The second-order valence-electron chi connectivity index (χ2n) is 7.43. The van der Waals surface area contributed by atoms with Gasteiger partial charge >= 0.3 is 12.8 Å². The SMILES string of the molecule is O=C(c1ccccc1)c1ccc2nc(N=C(F)OC(F)F)c(-c3ccc4ccccc4c3)n2c1. The first kappa shape index (κ1) is 21.4. The third-order valence-corrected chi connectivity index (χ3v) is 5.30. The van der Waals surface area contributed by atoms with Gasteiger partial charge < -0.3 is 4.74 Å². The van der Waals surface area contributed by atoms with Crippen molar-refractivity contribution in [1.29, 1.82) is 0 Å². The summed E-state index contributed by atoms with van der Waals surface area (Å²) in [6.45, 7) is -3.36. The van der Waals surface area contributed by atoms with Gasteiger partial charge in [0.15, 0.2) is 11.6 Å². The quantitative estimate of drug-likeness (QED) is 0.169. The van der Waals surface area contributed by atoms with E-state index in [4.69, 9.17) is 0 Å². The molecule has 8 heteroatoms. The Morgan fingerprint density at radius 3 is 2.38 bits per heavy atom. The molecule has 5 rings (SSSR count). The van der Waals surface area contributed by atoms with E-state index in [0.717, 1.165) is 10.8 Å². The monoisotopic (exact) mass is 459 g/mol. The molecule has 5 nitrogen and oxygen atoms in total. The first-order valence-corrected chi connectivity index (χ1v) is 10.3. The number of benzene rings is 3. The normalized spacial score (nSPS) is 11.9. The Bertz CT molecular complexity index is 1550. The number of aromatic nitrogens is 2. The molecular weight excluding hydrogens is 443 g/mol. The summed E-state index contributed by atoms with van der Waals surface area (Å²) in [5.41, 5.74) is 2.17. The zero-order chi connectivity index (χ0) is 23.7. The second kappa shape index (κ2) is 8.82. The number of fused-ring (bicyclic) bond motifs is 2. The molecule has 0 unspecified atom stereocenters. The summed E-state index contributed by atoms with van der Waals surface area (Å²) in [6.07, 6.45) is -0.131. The molecule has 0 amide bonds. The van der Waals surface area contributed by atoms with Crippen molar-refractivity contribution < 1.29 is 22.7 Å². The smallest absolute Gasteiger partial charge is 0.390 e. The Morgan fingerprint density at radius 2 is 1.62 bits per heavy atom. The largest absolute Gasteiger partial charge is 0.393 e. The molecule has 0 saturated carbocycles. The van der Waals surface area contributed by atoms with Crippen molar-refractivity contribution in [3.8, 4) is 11.3 Å². The van der Waals surface area contributed by atoms with Crippen molar-refractivity contribution in [3.63, 3.8) is 0 Å². The predicted octanol–water partition coefficient (Wildman–Crippen LogP) is 6.58. The number of alkyl halides is 2. The zero-order valence-corrected chi connectivity index (χ0v) is 17.5. The molecule has 2 aromatic heterocycles. The number of halogens is 3. The molecule has 0 aliphatic carbocycles. The number of carbonyl (C=O) groups excluding carboxylic acids is 1. The maximum absolute atomic E-state index is 14.0. The highest BCUT2D eigenvalue weighted by Crippen LogP contribution is 2.34. The van der Waals surface area contributed by atoms with Gasteiger partial charge in [-0.3, -0.25) is 9.20 Å². The molecule has 0 N–H and O–H groups in total. The number of aliphatic imine (C=N–C) groups is 1. The van der Waals surface area contributed by atoms with Crippen molar-refractivity contribution in [2.75, 3.05) is 0 Å². The Balaban J connectivity index is 1.71. The van der Waals surface area contributed by atoms with E-state index in [0.29, 0.717) is 28.0 Å². The Hall–Kier alpha value is -4.46. The Morgan fingerprint density at radius 1 is 0.882 bits per heavy atom. The third-order valence-electron chi connectivity index (χ3n) is 5.30. The summed E-state index contributed by atoms with van der Waals surface area (Å²) in [5.74, 6) is -0.365. The molecule has 0 fully saturated rings. The highest BCUT2D eigenvalue weighted by Gasteiger charge is 2.19. The lowest BCUT2D eigenvalue weighted by Gasteiger charge is -2.07. The molecule has 0 spiro atoms. The molecule has 168 valence electrons. The van der Waals surface area contributed by atoms with E-state index in [-0.39, 0.29) is 11.6 Å². The van der Waals surface area contributed by atoms with Crippen molar-refractivity contribution in [1.82, 2.24) is 9.38 Å². The van der Waals surface area contributed by atoms with Gasteiger partial charge in [0.2, 0.25) is 0 Å². The van der Waals surface area contributed by atoms with E-state index in [9.17, 15) is 18.0 Å². The average Bonchev–Trinajstić information content (AvgIpc) is 3.20. The number of imidazole rings is 1. The Kier molecular flexibility index (Phi) is 5.55. The number of hydrogen-bond donors (Lipinski definition) is 0. The van der Waals surface area contributed by atoms with Gasteiger partial charge in [0.05, 0.1) is 5.69 Å². The van der Waals surface area contributed by atoms with Crippen LogP contribution in [-0.4, -0.2) is 27.9 Å². The number of nitrogens with zero attached hydrogens (tertiary/aromatic N) is 3. The predicted molar refractivity (Wildman–Crippen MR) is 123 cm³/mol. The van der Waals surface area contributed by atoms with Gasteiger partial charge in [0, 0.05) is 22.9 Å². The van der Waals surface area contributed by atoms with Gasteiger partial charge in [-0.15, -0.1) is 4.39 Å². The maximum Gasteiger partial charge on any atom is 0.390 e. The molecule has 5 aromatic rings. The minimum absolute atomic E-state index is 0.155. The first-order chi connectivity index (χ1) is 16.5. The minimum Gasteiger partial charge on any atom is -0.393 e. The van der Waals surface area contributed by atoms with E-state index in [1.807, 2.05) is 42.5 Å². The topological polar surface area (TPSA) is 56.0 Å². The van der Waals surface area contributed by atoms with Crippen molar-refractivity contribution >= 4 is 34.2 Å². The standard InChI is InChI=1S/C26H16F3N3O2/c27-25(28)34-26(29)31-24-22(19-11-10-16-6-4-5-9-18(16)14-19)32-15-20(12-13-21(32)30-24)23(33)17-7-2-1-3-8-17/h1-15,25H. The summed E-state index contributed by atoms with van der Waals surface area (Å²) in [4.78, 5) is 20.8. The fraction of sp³-hybridized carbons (Fsp3) is 0.0385. The van der Waals surface area contributed by atoms with Crippen LogP contribution >= 0.6 is 0 Å². The molecule has 2 heterocycles. The molecule has 0 saturated heterocycles. The summed E-state index contributed by atoms with van der Waals surface area (Å²) in [6, 6.07) is 25.1. The van der Waals surface area contributed by atoms with Crippen molar-refractivity contribution in [3.05, 3.63) is 102 Å². The van der Waals surface area contributed by atoms with Crippen LogP contribution in [-0.2, 0) is 4.74 Å². The van der Waals surface area contributed by atoms with Crippen LogP contribution < -0.4 is 0 Å². The van der Waals surface area contributed by atoms with Gasteiger partial charge in [-0.2, -0.15) is 13.8 Å². The van der Waals surface area contributed by atoms with Gasteiger partial charge in [-0.05, 0) is 29.0 Å². The zero-order valence-electron chi connectivity index (χ0n) is 17.5. The number of ether oxygens (including phenoxy) is 1. The Labute approximate surface area is 191 Å².